The van der Waals surface area contributed by atoms with Gasteiger partial charge in [0.1, 0.15) is 10.8 Å². The van der Waals surface area contributed by atoms with Gasteiger partial charge in [0.15, 0.2) is 0 Å². The lowest BCUT2D eigenvalue weighted by molar-refractivity contribution is -0.143. The largest absolute Gasteiger partial charge is 0.466 e. The summed E-state index contributed by atoms with van der Waals surface area (Å²) in [4.78, 5) is 34.4. The number of carbonyl (C=O) groups excluding carboxylic acids is 2. The van der Waals surface area contributed by atoms with Gasteiger partial charge >= 0.3 is 5.97 Å². The summed E-state index contributed by atoms with van der Waals surface area (Å²) in [7, 11) is 0. The minimum atomic E-state index is -0.177. The van der Waals surface area contributed by atoms with Gasteiger partial charge in [0.05, 0.1) is 16.8 Å². The standard InChI is InChI=1S/C26H32N2O3S2/c1-4-31-24(30)12-8-5-9-18(29)15-22-25(26-27-20-10-6-7-11-21(20)33-26)19-13-14-28(17(2)3)16-23(19)32-22/h6-7,10-11,17H,4-5,8-9,12-16H2,1-3H3. The number of fused-ring (bicyclic) bond motifs is 2. The van der Waals surface area contributed by atoms with Gasteiger partial charge in [0.2, 0.25) is 0 Å². The maximum atomic E-state index is 12.9. The van der Waals surface area contributed by atoms with Crippen molar-refractivity contribution in [3.63, 3.8) is 0 Å². The highest BCUT2D eigenvalue weighted by atomic mass is 32.1. The molecule has 1 aliphatic rings. The molecule has 0 bridgehead atoms. The van der Waals surface area contributed by atoms with Gasteiger partial charge in [-0.25, -0.2) is 4.98 Å². The number of para-hydroxylation sites is 1. The number of rotatable bonds is 10. The molecule has 4 rings (SSSR count). The van der Waals surface area contributed by atoms with E-state index in [1.54, 1.807) is 22.7 Å². The van der Waals surface area contributed by atoms with E-state index >= 15 is 0 Å². The van der Waals surface area contributed by atoms with Gasteiger partial charge in [-0.05, 0) is 57.7 Å². The van der Waals surface area contributed by atoms with Crippen LogP contribution in [0, 0.1) is 0 Å². The molecule has 3 heterocycles. The summed E-state index contributed by atoms with van der Waals surface area (Å²) >= 11 is 3.52. The monoisotopic (exact) mass is 484 g/mol. The predicted molar refractivity (Wildman–Crippen MR) is 136 cm³/mol. The van der Waals surface area contributed by atoms with Crippen molar-refractivity contribution >= 4 is 44.6 Å². The van der Waals surface area contributed by atoms with Crippen LogP contribution in [-0.4, -0.2) is 40.8 Å². The molecule has 3 aromatic rings. The maximum Gasteiger partial charge on any atom is 0.305 e. The molecule has 0 spiro atoms. The Bertz CT molecular complexity index is 1100. The molecule has 1 aliphatic heterocycles. The van der Waals surface area contributed by atoms with E-state index in [1.165, 1.54) is 20.7 Å². The van der Waals surface area contributed by atoms with Gasteiger partial charge in [-0.3, -0.25) is 14.5 Å². The smallest absolute Gasteiger partial charge is 0.305 e. The quantitative estimate of drug-likeness (QED) is 0.260. The summed E-state index contributed by atoms with van der Waals surface area (Å²) in [6, 6.07) is 8.76. The topological polar surface area (TPSA) is 59.5 Å². The van der Waals surface area contributed by atoms with Gasteiger partial charge in [0, 0.05) is 53.7 Å². The van der Waals surface area contributed by atoms with Gasteiger partial charge in [-0.15, -0.1) is 22.7 Å². The van der Waals surface area contributed by atoms with Crippen LogP contribution in [0.3, 0.4) is 0 Å². The second kappa shape index (κ2) is 10.9. The van der Waals surface area contributed by atoms with E-state index in [0.29, 0.717) is 38.3 Å². The molecule has 5 nitrogen and oxygen atoms in total. The summed E-state index contributed by atoms with van der Waals surface area (Å²) in [6.45, 7) is 8.69. The van der Waals surface area contributed by atoms with E-state index in [4.69, 9.17) is 9.72 Å². The lowest BCUT2D eigenvalue weighted by Gasteiger charge is -2.30. The Kier molecular flexibility index (Phi) is 7.94. The van der Waals surface area contributed by atoms with Gasteiger partial charge in [0.25, 0.3) is 0 Å². The maximum absolute atomic E-state index is 12.9. The average molecular weight is 485 g/mol. The van der Waals surface area contributed by atoms with Crippen molar-refractivity contribution in [3.05, 3.63) is 39.6 Å². The first-order valence-corrected chi connectivity index (χ1v) is 13.5. The first-order valence-electron chi connectivity index (χ1n) is 11.9. The number of esters is 1. The highest BCUT2D eigenvalue weighted by Gasteiger charge is 2.28. The van der Waals surface area contributed by atoms with E-state index < -0.39 is 0 Å². The van der Waals surface area contributed by atoms with Crippen LogP contribution in [0.15, 0.2) is 24.3 Å². The second-order valence-electron chi connectivity index (χ2n) is 8.83. The molecule has 1 aromatic carbocycles. The summed E-state index contributed by atoms with van der Waals surface area (Å²) in [6.07, 6.45) is 3.75. The van der Waals surface area contributed by atoms with Crippen LogP contribution in [-0.2, 0) is 33.7 Å². The fraction of sp³-hybridized carbons (Fsp3) is 0.500. The first-order chi connectivity index (χ1) is 16.0. The average Bonchev–Trinajstić information content (AvgIpc) is 3.36. The van der Waals surface area contributed by atoms with Crippen LogP contribution in [0.5, 0.6) is 0 Å². The fourth-order valence-corrected chi connectivity index (χ4v) is 6.91. The summed E-state index contributed by atoms with van der Waals surface area (Å²) in [5.41, 5.74) is 3.62. The summed E-state index contributed by atoms with van der Waals surface area (Å²) in [5.74, 6) is 0.0595. The van der Waals surface area contributed by atoms with Gasteiger partial charge in [-0.1, -0.05) is 12.1 Å². The third-order valence-electron chi connectivity index (χ3n) is 6.15. The number of unbranched alkanes of at least 4 members (excludes halogenated alkanes) is 1. The number of benzene rings is 1. The number of hydrogen-bond acceptors (Lipinski definition) is 7. The Balaban J connectivity index is 1.54. The predicted octanol–water partition coefficient (Wildman–Crippen LogP) is 6.03. The van der Waals surface area contributed by atoms with E-state index in [-0.39, 0.29) is 11.8 Å². The molecular weight excluding hydrogens is 452 g/mol. The molecule has 0 saturated heterocycles. The molecular formula is C26H32N2O3S2. The minimum absolute atomic E-state index is 0.177. The van der Waals surface area contributed by atoms with E-state index in [1.807, 2.05) is 13.0 Å². The van der Waals surface area contributed by atoms with Crippen molar-refractivity contribution in [2.75, 3.05) is 13.2 Å². The molecule has 0 aliphatic carbocycles. The Morgan fingerprint density at radius 2 is 1.94 bits per heavy atom. The number of ether oxygens (including phenoxy) is 1. The Hall–Kier alpha value is -2.09. The fourth-order valence-electron chi connectivity index (χ4n) is 4.36. The number of carbonyl (C=O) groups is 2. The van der Waals surface area contributed by atoms with Crippen LogP contribution < -0.4 is 0 Å². The SMILES string of the molecule is CCOC(=O)CCCCC(=O)Cc1sc2c(c1-c1nc3ccccc3s1)CCN(C(C)C)C2. The number of hydrogen-bond donors (Lipinski definition) is 0. The highest BCUT2D eigenvalue weighted by Crippen LogP contribution is 2.43. The lowest BCUT2D eigenvalue weighted by atomic mass is 9.99. The van der Waals surface area contributed by atoms with Gasteiger partial charge in [-0.2, -0.15) is 0 Å². The zero-order valence-corrected chi connectivity index (χ0v) is 21.3. The van der Waals surface area contributed by atoms with E-state index in [2.05, 4.69) is 36.9 Å². The van der Waals surface area contributed by atoms with Crippen molar-refractivity contribution in [1.82, 2.24) is 9.88 Å². The highest BCUT2D eigenvalue weighted by molar-refractivity contribution is 7.22. The molecule has 0 N–H and O–H groups in total. The van der Waals surface area contributed by atoms with Crippen molar-refractivity contribution < 1.29 is 14.3 Å². The molecule has 0 radical (unpaired) electrons. The van der Waals surface area contributed by atoms with Crippen LogP contribution in [0.2, 0.25) is 0 Å². The number of aromatic nitrogens is 1. The Morgan fingerprint density at radius 3 is 2.70 bits per heavy atom. The molecule has 0 amide bonds. The molecule has 33 heavy (non-hydrogen) atoms. The Morgan fingerprint density at radius 1 is 1.15 bits per heavy atom. The molecule has 0 atom stereocenters. The normalized spacial score (nSPS) is 14.1. The molecule has 0 fully saturated rings. The van der Waals surface area contributed by atoms with Crippen molar-refractivity contribution in [2.24, 2.45) is 0 Å². The molecule has 176 valence electrons. The Labute approximate surface area is 203 Å². The third-order valence-corrected chi connectivity index (χ3v) is 8.42. The van der Waals surface area contributed by atoms with Crippen LogP contribution in [0.25, 0.3) is 20.8 Å². The molecule has 7 heteroatoms. The lowest BCUT2D eigenvalue weighted by Crippen LogP contribution is -2.35. The van der Waals surface area contributed by atoms with Crippen molar-refractivity contribution in [3.8, 4) is 10.6 Å². The van der Waals surface area contributed by atoms with E-state index in [0.717, 1.165) is 41.3 Å². The number of ketones is 1. The number of nitrogens with zero attached hydrogens (tertiary/aromatic N) is 2. The number of thiazole rings is 1. The second-order valence-corrected chi connectivity index (χ2v) is 11.1. The van der Waals surface area contributed by atoms with Crippen molar-refractivity contribution in [1.29, 1.82) is 0 Å². The van der Waals surface area contributed by atoms with Crippen LogP contribution in [0.4, 0.5) is 0 Å². The number of thiophene rings is 1. The molecule has 0 saturated carbocycles. The van der Waals surface area contributed by atoms with Gasteiger partial charge < -0.3 is 4.74 Å². The molecule has 2 aromatic heterocycles. The molecule has 0 unspecified atom stereocenters. The minimum Gasteiger partial charge on any atom is -0.466 e. The van der Waals surface area contributed by atoms with Crippen LogP contribution >= 0.6 is 22.7 Å². The zero-order chi connectivity index (χ0) is 23.4. The zero-order valence-electron chi connectivity index (χ0n) is 19.7. The van der Waals surface area contributed by atoms with E-state index in [9.17, 15) is 9.59 Å². The van der Waals surface area contributed by atoms with Crippen LogP contribution in [0.1, 0.15) is 61.8 Å². The summed E-state index contributed by atoms with van der Waals surface area (Å²) in [5, 5.41) is 1.04. The van der Waals surface area contributed by atoms with Crippen molar-refractivity contribution in [2.45, 2.75) is 71.9 Å². The first kappa shape index (κ1) is 24.0. The third kappa shape index (κ3) is 5.70. The summed E-state index contributed by atoms with van der Waals surface area (Å²) < 4.78 is 6.16. The number of Topliss-reactive ketones (excluding diaryl/α,β-unsaturated/α-hetero) is 1.